The van der Waals surface area contributed by atoms with E-state index < -0.39 is 27.1 Å². The quantitative estimate of drug-likeness (QED) is 0.667. The Balaban J connectivity index is 2.30. The van der Waals surface area contributed by atoms with Gasteiger partial charge in [-0.25, -0.2) is 0 Å². The summed E-state index contributed by atoms with van der Waals surface area (Å²) >= 11 is 0. The second kappa shape index (κ2) is 6.52. The number of nitro benzene ring substituents is 2. The van der Waals surface area contributed by atoms with Crippen molar-refractivity contribution in [3.63, 3.8) is 0 Å². The van der Waals surface area contributed by atoms with Crippen molar-refractivity contribution in [3.05, 3.63) is 68.3 Å². The van der Waals surface area contributed by atoms with Gasteiger partial charge in [-0.2, -0.15) is 0 Å². The van der Waals surface area contributed by atoms with Crippen LogP contribution in [0.1, 0.15) is 10.4 Å². The van der Waals surface area contributed by atoms with Gasteiger partial charge in [-0.1, -0.05) is 0 Å². The van der Waals surface area contributed by atoms with Crippen LogP contribution in [0, 0.1) is 20.2 Å². The van der Waals surface area contributed by atoms with E-state index in [0.717, 1.165) is 18.2 Å². The van der Waals surface area contributed by atoms with Crippen molar-refractivity contribution >= 4 is 23.0 Å². The van der Waals surface area contributed by atoms with Crippen LogP contribution in [0.5, 0.6) is 5.75 Å². The molecule has 2 rings (SSSR count). The van der Waals surface area contributed by atoms with E-state index in [1.54, 1.807) is 24.3 Å². The Kier molecular flexibility index (Phi) is 4.50. The number of nitrogens with zero attached hydrogens (tertiary/aromatic N) is 2. The molecule has 23 heavy (non-hydrogen) atoms. The minimum atomic E-state index is -0.837. The molecule has 0 aliphatic rings. The molecule has 0 aliphatic carbocycles. The maximum Gasteiger partial charge on any atom is 0.289 e. The number of non-ortho nitro benzene ring substituents is 1. The fraction of sp³-hybridized carbons (Fsp3) is 0.0714. The molecule has 0 fully saturated rings. The number of carbonyl (C=O) groups is 1. The Morgan fingerprint density at radius 3 is 2.22 bits per heavy atom. The van der Waals surface area contributed by atoms with Crippen LogP contribution in [0.15, 0.2) is 42.5 Å². The first-order valence-corrected chi connectivity index (χ1v) is 6.30. The van der Waals surface area contributed by atoms with E-state index >= 15 is 0 Å². The number of anilines is 1. The number of amides is 1. The van der Waals surface area contributed by atoms with Crippen LogP contribution < -0.4 is 10.1 Å². The Morgan fingerprint density at radius 2 is 1.70 bits per heavy atom. The molecule has 0 unspecified atom stereocenters. The topological polar surface area (TPSA) is 125 Å². The second-order valence-corrected chi connectivity index (χ2v) is 4.40. The fourth-order valence-corrected chi connectivity index (χ4v) is 1.85. The highest BCUT2D eigenvalue weighted by Gasteiger charge is 2.24. The van der Waals surface area contributed by atoms with Gasteiger partial charge in [0, 0.05) is 11.8 Å². The van der Waals surface area contributed by atoms with Crippen LogP contribution in [0.2, 0.25) is 0 Å². The molecule has 0 heterocycles. The number of carbonyl (C=O) groups excluding carboxylic acids is 1. The molecular weight excluding hydrogens is 306 g/mol. The number of nitrogens with one attached hydrogen (secondary N) is 1. The third kappa shape index (κ3) is 3.59. The van der Waals surface area contributed by atoms with Gasteiger partial charge < -0.3 is 10.1 Å². The zero-order valence-electron chi connectivity index (χ0n) is 11.9. The second-order valence-electron chi connectivity index (χ2n) is 4.40. The van der Waals surface area contributed by atoms with Crippen molar-refractivity contribution in [2.24, 2.45) is 0 Å². The average molecular weight is 317 g/mol. The highest BCUT2D eigenvalue weighted by molar-refractivity contribution is 6.07. The first-order valence-electron chi connectivity index (χ1n) is 6.30. The molecule has 0 atom stereocenters. The smallest absolute Gasteiger partial charge is 0.289 e. The minimum absolute atomic E-state index is 0.267. The molecule has 0 radical (unpaired) electrons. The lowest BCUT2D eigenvalue weighted by atomic mass is 10.1. The lowest BCUT2D eigenvalue weighted by molar-refractivity contribution is -0.394. The third-order valence-electron chi connectivity index (χ3n) is 2.98. The Labute approximate surface area is 129 Å². The summed E-state index contributed by atoms with van der Waals surface area (Å²) in [5.41, 5.74) is -0.956. The molecule has 0 bridgehead atoms. The molecule has 0 saturated heterocycles. The summed E-state index contributed by atoms with van der Waals surface area (Å²) in [6.45, 7) is 0. The summed E-state index contributed by atoms with van der Waals surface area (Å²) in [5, 5.41) is 24.2. The predicted octanol–water partition coefficient (Wildman–Crippen LogP) is 2.76. The lowest BCUT2D eigenvalue weighted by Gasteiger charge is -2.07. The molecular formula is C14H11N3O6. The van der Waals surface area contributed by atoms with E-state index in [0.29, 0.717) is 11.4 Å². The van der Waals surface area contributed by atoms with Crippen molar-refractivity contribution < 1.29 is 19.4 Å². The number of benzene rings is 2. The zero-order valence-corrected chi connectivity index (χ0v) is 11.9. The zero-order chi connectivity index (χ0) is 17.0. The van der Waals surface area contributed by atoms with Gasteiger partial charge in [0.05, 0.1) is 23.0 Å². The van der Waals surface area contributed by atoms with Crippen molar-refractivity contribution in [3.8, 4) is 5.75 Å². The fourth-order valence-electron chi connectivity index (χ4n) is 1.85. The molecule has 0 aromatic heterocycles. The van der Waals surface area contributed by atoms with Crippen LogP contribution in [-0.2, 0) is 0 Å². The highest BCUT2D eigenvalue weighted by Crippen LogP contribution is 2.25. The Morgan fingerprint density at radius 1 is 1.04 bits per heavy atom. The predicted molar refractivity (Wildman–Crippen MR) is 80.7 cm³/mol. The monoisotopic (exact) mass is 317 g/mol. The molecule has 0 spiro atoms. The lowest BCUT2D eigenvalue weighted by Crippen LogP contribution is -2.14. The van der Waals surface area contributed by atoms with Gasteiger partial charge in [0.1, 0.15) is 11.3 Å². The summed E-state index contributed by atoms with van der Waals surface area (Å²) < 4.78 is 4.98. The molecule has 1 amide bonds. The number of nitro groups is 2. The van der Waals surface area contributed by atoms with Crippen molar-refractivity contribution in [2.45, 2.75) is 0 Å². The van der Waals surface area contributed by atoms with E-state index in [-0.39, 0.29) is 5.56 Å². The third-order valence-corrected chi connectivity index (χ3v) is 2.98. The van der Waals surface area contributed by atoms with Gasteiger partial charge in [0.15, 0.2) is 0 Å². The largest absolute Gasteiger partial charge is 0.497 e. The molecule has 2 aromatic rings. The van der Waals surface area contributed by atoms with E-state index in [2.05, 4.69) is 5.32 Å². The van der Waals surface area contributed by atoms with E-state index in [1.165, 1.54) is 7.11 Å². The van der Waals surface area contributed by atoms with Gasteiger partial charge in [0.2, 0.25) is 0 Å². The van der Waals surface area contributed by atoms with E-state index in [4.69, 9.17) is 4.74 Å². The van der Waals surface area contributed by atoms with Crippen LogP contribution in [0.3, 0.4) is 0 Å². The van der Waals surface area contributed by atoms with Crippen LogP contribution in [0.25, 0.3) is 0 Å². The summed E-state index contributed by atoms with van der Waals surface area (Å²) in [5.74, 6) is -0.152. The van der Waals surface area contributed by atoms with Crippen LogP contribution in [0.4, 0.5) is 17.1 Å². The Bertz CT molecular complexity index is 773. The van der Waals surface area contributed by atoms with Crippen molar-refractivity contribution in [1.82, 2.24) is 0 Å². The van der Waals surface area contributed by atoms with Crippen molar-refractivity contribution in [2.75, 3.05) is 12.4 Å². The van der Waals surface area contributed by atoms with Crippen LogP contribution >= 0.6 is 0 Å². The summed E-state index contributed by atoms with van der Waals surface area (Å²) in [4.78, 5) is 32.3. The SMILES string of the molecule is COc1ccc(NC(=O)c2ccc([N+](=O)[O-])cc2[N+](=O)[O-])cc1. The first kappa shape index (κ1) is 15.9. The molecule has 9 nitrogen and oxygen atoms in total. The number of hydrogen-bond acceptors (Lipinski definition) is 6. The maximum atomic E-state index is 12.2. The molecule has 1 N–H and O–H groups in total. The van der Waals surface area contributed by atoms with Gasteiger partial charge in [-0.15, -0.1) is 0 Å². The first-order chi connectivity index (χ1) is 10.9. The number of rotatable bonds is 5. The summed E-state index contributed by atoms with van der Waals surface area (Å²) in [6, 6.07) is 9.19. The Hall–Kier alpha value is -3.49. The molecule has 2 aromatic carbocycles. The molecule has 118 valence electrons. The molecule has 9 heteroatoms. The molecule has 0 saturated carbocycles. The maximum absolute atomic E-state index is 12.2. The molecule has 0 aliphatic heterocycles. The highest BCUT2D eigenvalue weighted by atomic mass is 16.6. The summed E-state index contributed by atoms with van der Waals surface area (Å²) in [7, 11) is 1.49. The summed E-state index contributed by atoms with van der Waals surface area (Å²) in [6.07, 6.45) is 0. The van der Waals surface area contributed by atoms with Gasteiger partial charge in [0.25, 0.3) is 17.3 Å². The van der Waals surface area contributed by atoms with Gasteiger partial charge >= 0.3 is 0 Å². The van der Waals surface area contributed by atoms with Crippen LogP contribution in [-0.4, -0.2) is 22.9 Å². The van der Waals surface area contributed by atoms with Gasteiger partial charge in [-0.3, -0.25) is 25.0 Å². The van der Waals surface area contributed by atoms with Gasteiger partial charge in [-0.05, 0) is 30.3 Å². The minimum Gasteiger partial charge on any atom is -0.497 e. The number of hydrogen-bond donors (Lipinski definition) is 1. The standard InChI is InChI=1S/C14H11N3O6/c1-23-11-5-2-9(3-6-11)15-14(18)12-7-4-10(16(19)20)8-13(12)17(21)22/h2-8H,1H3,(H,15,18). The number of methoxy groups -OCH3 is 1. The normalized spacial score (nSPS) is 9.96. The number of ether oxygens (including phenoxy) is 1. The van der Waals surface area contributed by atoms with Crippen molar-refractivity contribution in [1.29, 1.82) is 0 Å². The van der Waals surface area contributed by atoms with E-state index in [1.807, 2.05) is 0 Å². The average Bonchev–Trinajstić information content (AvgIpc) is 2.54. The van der Waals surface area contributed by atoms with E-state index in [9.17, 15) is 25.0 Å².